The molecule has 0 saturated heterocycles. The number of hydrogen-bond acceptors (Lipinski definition) is 4. The smallest absolute Gasteiger partial charge is 0.339 e. The van der Waals surface area contributed by atoms with Crippen LogP contribution in [0.3, 0.4) is 0 Å². The number of nitrogens with one attached hydrogen (secondary N) is 1. The Morgan fingerprint density at radius 3 is 2.43 bits per heavy atom. The zero-order valence-corrected chi connectivity index (χ0v) is 18.3. The van der Waals surface area contributed by atoms with E-state index in [0.717, 1.165) is 11.1 Å². The second kappa shape index (κ2) is 9.32. The molecule has 0 heterocycles. The summed E-state index contributed by atoms with van der Waals surface area (Å²) in [6.07, 6.45) is 0.618. The van der Waals surface area contributed by atoms with Gasteiger partial charge in [-0.3, -0.25) is 4.79 Å². The van der Waals surface area contributed by atoms with E-state index in [9.17, 15) is 13.2 Å². The molecule has 0 aliphatic rings. The van der Waals surface area contributed by atoms with Gasteiger partial charge in [-0.05, 0) is 67.3 Å². The van der Waals surface area contributed by atoms with Gasteiger partial charge in [0.25, 0.3) is 5.91 Å². The number of para-hydroxylation sites is 1. The Balaban J connectivity index is 1.74. The van der Waals surface area contributed by atoms with Crippen molar-refractivity contribution in [1.82, 2.24) is 5.32 Å². The highest BCUT2D eigenvalue weighted by Gasteiger charge is 2.22. The molecule has 156 valence electrons. The van der Waals surface area contributed by atoms with Crippen molar-refractivity contribution in [3.05, 3.63) is 94.0 Å². The molecule has 3 aromatic carbocycles. The lowest BCUT2D eigenvalue weighted by atomic mass is 10.1. The van der Waals surface area contributed by atoms with E-state index < -0.39 is 16.0 Å². The van der Waals surface area contributed by atoms with Gasteiger partial charge in [0, 0.05) is 11.6 Å². The quantitative estimate of drug-likeness (QED) is 0.537. The molecule has 1 N–H and O–H groups in total. The molecule has 0 radical (unpaired) electrons. The largest absolute Gasteiger partial charge is 0.378 e. The molecule has 7 heteroatoms. The van der Waals surface area contributed by atoms with Gasteiger partial charge in [0.05, 0.1) is 5.56 Å². The van der Waals surface area contributed by atoms with Crippen LogP contribution >= 0.6 is 11.6 Å². The lowest BCUT2D eigenvalue weighted by Gasteiger charge is -2.13. The zero-order valence-electron chi connectivity index (χ0n) is 16.7. The summed E-state index contributed by atoms with van der Waals surface area (Å²) in [4.78, 5) is 12.7. The molecule has 0 fully saturated rings. The second-order valence-corrected chi connectivity index (χ2v) is 8.89. The molecule has 30 heavy (non-hydrogen) atoms. The maximum Gasteiger partial charge on any atom is 0.339 e. The lowest BCUT2D eigenvalue weighted by Crippen LogP contribution is -2.26. The molecule has 0 spiro atoms. The minimum Gasteiger partial charge on any atom is -0.378 e. The summed E-state index contributed by atoms with van der Waals surface area (Å²) in [7, 11) is -4.08. The minimum absolute atomic E-state index is 0.0117. The van der Waals surface area contributed by atoms with Crippen LogP contribution in [0.2, 0.25) is 5.02 Å². The molecule has 0 aromatic heterocycles. The molecule has 0 saturated carbocycles. The SMILES string of the molecule is Cc1ccc(C)c(S(=O)(=O)Oc2ccccc2C(=O)NCCc2ccc(Cl)cc2)c1. The van der Waals surface area contributed by atoms with Gasteiger partial charge in [-0.1, -0.05) is 48.0 Å². The van der Waals surface area contributed by atoms with Crippen LogP contribution < -0.4 is 9.50 Å². The van der Waals surface area contributed by atoms with Crippen molar-refractivity contribution in [3.63, 3.8) is 0 Å². The van der Waals surface area contributed by atoms with Gasteiger partial charge < -0.3 is 9.50 Å². The van der Waals surface area contributed by atoms with Crippen molar-refractivity contribution in [3.8, 4) is 5.75 Å². The highest BCUT2D eigenvalue weighted by atomic mass is 35.5. The monoisotopic (exact) mass is 443 g/mol. The highest BCUT2D eigenvalue weighted by Crippen LogP contribution is 2.25. The van der Waals surface area contributed by atoms with Crippen LogP contribution in [-0.2, 0) is 16.5 Å². The summed E-state index contributed by atoms with van der Waals surface area (Å²) in [5, 5.41) is 3.45. The number of amides is 1. The topological polar surface area (TPSA) is 72.5 Å². The van der Waals surface area contributed by atoms with Gasteiger partial charge in [-0.2, -0.15) is 8.42 Å². The number of benzene rings is 3. The Hall–Kier alpha value is -2.83. The van der Waals surface area contributed by atoms with E-state index >= 15 is 0 Å². The summed E-state index contributed by atoms with van der Waals surface area (Å²) < 4.78 is 31.0. The first-order chi connectivity index (χ1) is 14.3. The highest BCUT2D eigenvalue weighted by molar-refractivity contribution is 7.87. The van der Waals surface area contributed by atoms with E-state index in [4.69, 9.17) is 15.8 Å². The number of hydrogen-bond donors (Lipinski definition) is 1. The van der Waals surface area contributed by atoms with E-state index in [1.807, 2.05) is 18.2 Å². The average molecular weight is 444 g/mol. The molecule has 1 amide bonds. The van der Waals surface area contributed by atoms with Crippen molar-refractivity contribution < 1.29 is 17.4 Å². The maximum atomic E-state index is 12.8. The van der Waals surface area contributed by atoms with Crippen LogP contribution in [0.15, 0.2) is 71.6 Å². The third kappa shape index (κ3) is 5.40. The molecule has 0 bridgehead atoms. The van der Waals surface area contributed by atoms with Crippen molar-refractivity contribution in [2.75, 3.05) is 6.54 Å². The van der Waals surface area contributed by atoms with Crippen LogP contribution in [0, 0.1) is 13.8 Å². The summed E-state index contributed by atoms with van der Waals surface area (Å²) in [5.41, 5.74) is 2.56. The molecule has 3 aromatic rings. The number of carbonyl (C=O) groups excluding carboxylic acids is 1. The summed E-state index contributed by atoms with van der Waals surface area (Å²) in [5.74, 6) is -0.418. The molecule has 0 aliphatic heterocycles. The van der Waals surface area contributed by atoms with E-state index in [1.54, 1.807) is 50.2 Å². The van der Waals surface area contributed by atoms with E-state index in [2.05, 4.69) is 5.32 Å². The lowest BCUT2D eigenvalue weighted by molar-refractivity contribution is 0.0952. The van der Waals surface area contributed by atoms with Crippen LogP contribution in [-0.4, -0.2) is 20.9 Å². The maximum absolute atomic E-state index is 12.8. The molecule has 0 atom stereocenters. The van der Waals surface area contributed by atoms with Crippen molar-refractivity contribution in [2.45, 2.75) is 25.2 Å². The number of aryl methyl sites for hydroxylation is 2. The summed E-state index contributed by atoms with van der Waals surface area (Å²) >= 11 is 5.88. The van der Waals surface area contributed by atoms with Crippen molar-refractivity contribution in [2.24, 2.45) is 0 Å². The predicted molar refractivity (Wildman–Crippen MR) is 118 cm³/mol. The van der Waals surface area contributed by atoms with Crippen molar-refractivity contribution in [1.29, 1.82) is 0 Å². The summed E-state index contributed by atoms with van der Waals surface area (Å²) in [6.45, 7) is 3.89. The fraction of sp³-hybridized carbons (Fsp3) is 0.174. The van der Waals surface area contributed by atoms with Gasteiger partial charge in [0.1, 0.15) is 4.90 Å². The third-order valence-corrected chi connectivity index (χ3v) is 6.19. The van der Waals surface area contributed by atoms with E-state index in [-0.39, 0.29) is 16.2 Å². The fourth-order valence-corrected chi connectivity index (χ4v) is 4.32. The molecular formula is C23H22ClNO4S. The Bertz CT molecular complexity index is 1160. The Kier molecular flexibility index (Phi) is 6.80. The van der Waals surface area contributed by atoms with Gasteiger partial charge in [-0.25, -0.2) is 0 Å². The average Bonchev–Trinajstić information content (AvgIpc) is 2.71. The van der Waals surface area contributed by atoms with Gasteiger partial charge in [0.15, 0.2) is 5.75 Å². The summed E-state index contributed by atoms with van der Waals surface area (Å²) in [6, 6.07) is 18.8. The third-order valence-electron chi connectivity index (χ3n) is 4.56. The number of rotatable bonds is 7. The predicted octanol–water partition coefficient (Wildman–Crippen LogP) is 4.70. The number of carbonyl (C=O) groups is 1. The zero-order chi connectivity index (χ0) is 21.7. The minimum atomic E-state index is -4.08. The van der Waals surface area contributed by atoms with Gasteiger partial charge in [-0.15, -0.1) is 0 Å². The van der Waals surface area contributed by atoms with Crippen molar-refractivity contribution >= 4 is 27.6 Å². The van der Waals surface area contributed by atoms with E-state index in [1.165, 1.54) is 12.1 Å². The Morgan fingerprint density at radius 2 is 1.70 bits per heavy atom. The molecule has 5 nitrogen and oxygen atoms in total. The van der Waals surface area contributed by atoms with Crippen LogP contribution in [0.5, 0.6) is 5.75 Å². The van der Waals surface area contributed by atoms with Crippen LogP contribution in [0.1, 0.15) is 27.0 Å². The molecule has 3 rings (SSSR count). The normalized spacial score (nSPS) is 11.2. The van der Waals surface area contributed by atoms with Gasteiger partial charge in [0.2, 0.25) is 0 Å². The first-order valence-corrected chi connectivity index (χ1v) is 11.2. The van der Waals surface area contributed by atoms with E-state index in [0.29, 0.717) is 23.6 Å². The molecule has 0 unspecified atom stereocenters. The molecule has 0 aliphatic carbocycles. The van der Waals surface area contributed by atoms with Crippen LogP contribution in [0.25, 0.3) is 0 Å². The first kappa shape index (κ1) is 21.9. The fourth-order valence-electron chi connectivity index (χ4n) is 2.93. The Morgan fingerprint density at radius 1 is 1.00 bits per heavy atom. The van der Waals surface area contributed by atoms with Gasteiger partial charge >= 0.3 is 10.1 Å². The second-order valence-electron chi connectivity index (χ2n) is 6.93. The standard InChI is InChI=1S/C23H22ClNO4S/c1-16-7-8-17(2)22(15-16)30(27,28)29-21-6-4-3-5-20(21)23(26)25-14-13-18-9-11-19(24)12-10-18/h3-12,15H,13-14H2,1-2H3,(H,25,26). The Labute approximate surface area is 181 Å². The molecular weight excluding hydrogens is 422 g/mol. The number of halogens is 1. The first-order valence-electron chi connectivity index (χ1n) is 9.40. The van der Waals surface area contributed by atoms with Crippen LogP contribution in [0.4, 0.5) is 0 Å².